The van der Waals surface area contributed by atoms with Crippen molar-refractivity contribution in [2.75, 3.05) is 6.61 Å². The predicted molar refractivity (Wildman–Crippen MR) is 48.7 cm³/mol. The summed E-state index contributed by atoms with van der Waals surface area (Å²) >= 11 is 0. The third kappa shape index (κ3) is 1.51. The standard InChI is InChI=1S/C10H11N3O2/c11-5-6-4-7(6)10-12-9(13-15-10)8-2-1-3-14-8/h6-8H,1-4H2. The van der Waals surface area contributed by atoms with Gasteiger partial charge in [0, 0.05) is 6.61 Å². The molecule has 3 unspecified atom stereocenters. The van der Waals surface area contributed by atoms with E-state index < -0.39 is 0 Å². The van der Waals surface area contributed by atoms with Crippen LogP contribution in [0.25, 0.3) is 0 Å². The largest absolute Gasteiger partial charge is 0.370 e. The maximum absolute atomic E-state index is 8.69. The van der Waals surface area contributed by atoms with Crippen molar-refractivity contribution in [2.24, 2.45) is 5.92 Å². The molecule has 0 N–H and O–H groups in total. The number of rotatable bonds is 2. The van der Waals surface area contributed by atoms with E-state index in [9.17, 15) is 0 Å². The first-order valence-corrected chi connectivity index (χ1v) is 5.23. The third-order valence-electron chi connectivity index (χ3n) is 2.95. The summed E-state index contributed by atoms with van der Waals surface area (Å²) in [5, 5.41) is 12.6. The van der Waals surface area contributed by atoms with E-state index in [1.165, 1.54) is 0 Å². The zero-order valence-corrected chi connectivity index (χ0v) is 8.22. The maximum Gasteiger partial charge on any atom is 0.231 e. The average Bonchev–Trinajstić information content (AvgIpc) is 2.73. The molecule has 0 amide bonds. The smallest absolute Gasteiger partial charge is 0.231 e. The van der Waals surface area contributed by atoms with Crippen molar-refractivity contribution >= 4 is 0 Å². The van der Waals surface area contributed by atoms with Gasteiger partial charge >= 0.3 is 0 Å². The monoisotopic (exact) mass is 205 g/mol. The molecule has 0 spiro atoms. The van der Waals surface area contributed by atoms with Gasteiger partial charge in [-0.05, 0) is 19.3 Å². The first-order chi connectivity index (χ1) is 7.38. The second-order valence-corrected chi connectivity index (χ2v) is 4.07. The second kappa shape index (κ2) is 3.31. The minimum absolute atomic E-state index is 0.00165. The number of hydrogen-bond acceptors (Lipinski definition) is 5. The van der Waals surface area contributed by atoms with Gasteiger partial charge < -0.3 is 9.26 Å². The van der Waals surface area contributed by atoms with Gasteiger partial charge in [-0.2, -0.15) is 10.2 Å². The molecular formula is C10H11N3O2. The van der Waals surface area contributed by atoms with Gasteiger partial charge in [-0.3, -0.25) is 0 Å². The van der Waals surface area contributed by atoms with Gasteiger partial charge in [0.15, 0.2) is 0 Å². The third-order valence-corrected chi connectivity index (χ3v) is 2.95. The van der Waals surface area contributed by atoms with Crippen LogP contribution in [0.1, 0.15) is 43.0 Å². The normalized spacial score (nSPS) is 33.9. The van der Waals surface area contributed by atoms with Gasteiger partial charge in [-0.25, -0.2) is 0 Å². The van der Waals surface area contributed by atoms with Crippen LogP contribution in [0.4, 0.5) is 0 Å². The minimum Gasteiger partial charge on any atom is -0.370 e. The molecule has 1 saturated heterocycles. The predicted octanol–water partition coefficient (Wildman–Crippen LogP) is 1.55. The molecule has 3 atom stereocenters. The highest BCUT2D eigenvalue weighted by molar-refractivity contribution is 5.15. The van der Waals surface area contributed by atoms with Crippen molar-refractivity contribution in [3.8, 4) is 6.07 Å². The molecule has 2 heterocycles. The molecule has 1 aliphatic heterocycles. The Labute approximate surface area is 87.0 Å². The van der Waals surface area contributed by atoms with Crippen LogP contribution in [0.2, 0.25) is 0 Å². The van der Waals surface area contributed by atoms with Crippen LogP contribution in [0.5, 0.6) is 0 Å². The Hall–Kier alpha value is -1.41. The van der Waals surface area contributed by atoms with E-state index in [1.54, 1.807) is 0 Å². The Morgan fingerprint density at radius 3 is 3.07 bits per heavy atom. The van der Waals surface area contributed by atoms with Crippen molar-refractivity contribution < 1.29 is 9.26 Å². The fraction of sp³-hybridized carbons (Fsp3) is 0.700. The summed E-state index contributed by atoms with van der Waals surface area (Å²) in [6, 6.07) is 2.21. The fourth-order valence-electron chi connectivity index (χ4n) is 1.92. The van der Waals surface area contributed by atoms with Crippen LogP contribution in [0.3, 0.4) is 0 Å². The Kier molecular flexibility index (Phi) is 1.96. The van der Waals surface area contributed by atoms with Crippen molar-refractivity contribution in [3.63, 3.8) is 0 Å². The van der Waals surface area contributed by atoms with E-state index in [0.29, 0.717) is 11.7 Å². The molecular weight excluding hydrogens is 194 g/mol. The number of ether oxygens (including phenoxy) is 1. The summed E-state index contributed by atoms with van der Waals surface area (Å²) in [6.07, 6.45) is 2.87. The highest BCUT2D eigenvalue weighted by Gasteiger charge is 2.43. The van der Waals surface area contributed by atoms with Crippen LogP contribution in [0.15, 0.2) is 4.52 Å². The zero-order chi connectivity index (χ0) is 10.3. The van der Waals surface area contributed by atoms with E-state index in [2.05, 4.69) is 16.2 Å². The van der Waals surface area contributed by atoms with E-state index in [1.807, 2.05) is 0 Å². The summed E-state index contributed by atoms with van der Waals surface area (Å²) in [5.74, 6) is 1.48. The van der Waals surface area contributed by atoms with Crippen molar-refractivity contribution in [1.29, 1.82) is 5.26 Å². The van der Waals surface area contributed by atoms with Gasteiger partial charge in [0.2, 0.25) is 11.7 Å². The molecule has 15 heavy (non-hydrogen) atoms. The molecule has 2 fully saturated rings. The Balaban J connectivity index is 1.74. The number of nitriles is 1. The lowest BCUT2D eigenvalue weighted by molar-refractivity contribution is 0.103. The Bertz CT molecular complexity index is 403. The average molecular weight is 205 g/mol. The topological polar surface area (TPSA) is 71.9 Å². The Morgan fingerprint density at radius 2 is 2.40 bits per heavy atom. The van der Waals surface area contributed by atoms with Crippen LogP contribution in [0, 0.1) is 17.2 Å². The molecule has 0 bridgehead atoms. The quantitative estimate of drug-likeness (QED) is 0.732. The summed E-state index contributed by atoms with van der Waals surface area (Å²) in [4.78, 5) is 4.30. The molecule has 5 heteroatoms. The number of hydrogen-bond donors (Lipinski definition) is 0. The van der Waals surface area contributed by atoms with Gasteiger partial charge in [0.1, 0.15) is 6.10 Å². The molecule has 78 valence electrons. The first-order valence-electron chi connectivity index (χ1n) is 5.23. The van der Waals surface area contributed by atoms with Gasteiger partial charge in [0.05, 0.1) is 17.9 Å². The molecule has 0 radical (unpaired) electrons. The molecule has 1 aromatic rings. The lowest BCUT2D eigenvalue weighted by Crippen LogP contribution is -1.98. The number of nitrogens with zero attached hydrogens (tertiary/aromatic N) is 3. The highest BCUT2D eigenvalue weighted by Crippen LogP contribution is 2.46. The highest BCUT2D eigenvalue weighted by atomic mass is 16.5. The van der Waals surface area contributed by atoms with Crippen molar-refractivity contribution in [2.45, 2.75) is 31.3 Å². The van der Waals surface area contributed by atoms with Crippen LogP contribution in [-0.2, 0) is 4.74 Å². The lowest BCUT2D eigenvalue weighted by Gasteiger charge is -2.00. The van der Waals surface area contributed by atoms with Gasteiger partial charge in [-0.15, -0.1) is 0 Å². The van der Waals surface area contributed by atoms with E-state index >= 15 is 0 Å². The maximum atomic E-state index is 8.69. The summed E-state index contributed by atoms with van der Waals surface area (Å²) in [7, 11) is 0. The van der Waals surface area contributed by atoms with Crippen LogP contribution < -0.4 is 0 Å². The van der Waals surface area contributed by atoms with Crippen molar-refractivity contribution in [1.82, 2.24) is 10.1 Å². The van der Waals surface area contributed by atoms with Gasteiger partial charge in [0.25, 0.3) is 0 Å². The number of aromatic nitrogens is 2. The molecule has 2 aliphatic rings. The van der Waals surface area contributed by atoms with Crippen LogP contribution >= 0.6 is 0 Å². The molecule has 5 nitrogen and oxygen atoms in total. The summed E-state index contributed by atoms with van der Waals surface area (Å²) in [6.45, 7) is 0.777. The second-order valence-electron chi connectivity index (χ2n) is 4.07. The molecule has 1 saturated carbocycles. The van der Waals surface area contributed by atoms with Crippen molar-refractivity contribution in [3.05, 3.63) is 11.7 Å². The van der Waals surface area contributed by atoms with Crippen LogP contribution in [-0.4, -0.2) is 16.7 Å². The van der Waals surface area contributed by atoms with E-state index in [0.717, 1.165) is 25.9 Å². The molecule has 0 aromatic carbocycles. The summed E-state index contributed by atoms with van der Waals surface area (Å²) in [5.41, 5.74) is 0. The minimum atomic E-state index is 0.00165. The molecule has 1 aliphatic carbocycles. The Morgan fingerprint density at radius 1 is 1.47 bits per heavy atom. The van der Waals surface area contributed by atoms with E-state index in [-0.39, 0.29) is 17.9 Å². The van der Waals surface area contributed by atoms with E-state index in [4.69, 9.17) is 14.5 Å². The SMILES string of the molecule is N#CC1CC1c1nc(C2CCCO2)no1. The zero-order valence-electron chi connectivity index (χ0n) is 8.22. The lowest BCUT2D eigenvalue weighted by atomic mass is 10.2. The first kappa shape index (κ1) is 8.86. The van der Waals surface area contributed by atoms with Gasteiger partial charge in [-0.1, -0.05) is 5.16 Å². The summed E-state index contributed by atoms with van der Waals surface area (Å²) < 4.78 is 10.6. The molecule has 1 aromatic heterocycles. The fourth-order valence-corrected chi connectivity index (χ4v) is 1.92. The molecule has 3 rings (SSSR count).